The Labute approximate surface area is 89.4 Å². The Morgan fingerprint density at radius 1 is 1.36 bits per heavy atom. The van der Waals surface area contributed by atoms with Crippen LogP contribution in [0.15, 0.2) is 29.3 Å². The van der Waals surface area contributed by atoms with Crippen LogP contribution in [0.2, 0.25) is 0 Å². The van der Waals surface area contributed by atoms with Gasteiger partial charge < -0.3 is 4.74 Å². The molecule has 0 bridgehead atoms. The lowest BCUT2D eigenvalue weighted by atomic mass is 10.2. The molecule has 0 fully saturated rings. The van der Waals surface area contributed by atoms with Crippen LogP contribution in [0, 0.1) is 6.92 Å². The molecule has 1 aromatic carbocycles. The smallest absolute Gasteiger partial charge is 0.136 e. The molecule has 0 N–H and O–H groups in total. The van der Waals surface area contributed by atoms with Crippen molar-refractivity contribution in [2.24, 2.45) is 4.99 Å². The SMILES string of the molecule is CN=C(COc1ccc(C)cc1)SC. The van der Waals surface area contributed by atoms with Crippen molar-refractivity contribution in [2.75, 3.05) is 19.9 Å². The summed E-state index contributed by atoms with van der Waals surface area (Å²) in [4.78, 5) is 4.09. The maximum Gasteiger partial charge on any atom is 0.136 e. The molecule has 0 spiro atoms. The highest BCUT2D eigenvalue weighted by Crippen LogP contribution is 2.12. The molecule has 3 heteroatoms. The lowest BCUT2D eigenvalue weighted by Gasteiger charge is -2.06. The number of thioether (sulfide) groups is 1. The van der Waals surface area contributed by atoms with Gasteiger partial charge in [-0.1, -0.05) is 17.7 Å². The van der Waals surface area contributed by atoms with E-state index >= 15 is 0 Å². The van der Waals surface area contributed by atoms with E-state index in [4.69, 9.17) is 4.74 Å². The van der Waals surface area contributed by atoms with Gasteiger partial charge in [0, 0.05) is 7.05 Å². The second-order valence-electron chi connectivity index (χ2n) is 2.92. The predicted octanol–water partition coefficient (Wildman–Crippen LogP) is 2.77. The first kappa shape index (κ1) is 11.1. The first-order valence-electron chi connectivity index (χ1n) is 4.45. The zero-order valence-corrected chi connectivity index (χ0v) is 9.60. The van der Waals surface area contributed by atoms with E-state index in [9.17, 15) is 0 Å². The van der Waals surface area contributed by atoms with Gasteiger partial charge in [-0.2, -0.15) is 0 Å². The standard InChI is InChI=1S/C11H15NOS/c1-9-4-6-10(7-5-9)13-8-11(12-2)14-3/h4-7H,8H2,1-3H3. The number of aliphatic imine (C=N–C) groups is 1. The van der Waals surface area contributed by atoms with E-state index in [-0.39, 0.29) is 0 Å². The third-order valence-corrected chi connectivity index (χ3v) is 2.64. The fourth-order valence-corrected chi connectivity index (χ4v) is 1.35. The summed E-state index contributed by atoms with van der Waals surface area (Å²) < 4.78 is 5.55. The molecule has 1 rings (SSSR count). The van der Waals surface area contributed by atoms with E-state index in [0.29, 0.717) is 6.61 Å². The Morgan fingerprint density at radius 3 is 2.50 bits per heavy atom. The zero-order chi connectivity index (χ0) is 10.4. The highest BCUT2D eigenvalue weighted by molar-refractivity contribution is 8.13. The fraction of sp³-hybridized carbons (Fsp3) is 0.364. The summed E-state index contributed by atoms with van der Waals surface area (Å²) in [5.74, 6) is 0.894. The van der Waals surface area contributed by atoms with Crippen molar-refractivity contribution < 1.29 is 4.74 Å². The average molecular weight is 209 g/mol. The molecule has 0 saturated heterocycles. The number of hydrogen-bond donors (Lipinski definition) is 0. The molecule has 0 heterocycles. The molecule has 0 aliphatic rings. The van der Waals surface area contributed by atoms with Gasteiger partial charge in [-0.3, -0.25) is 4.99 Å². The molecule has 76 valence electrons. The molecule has 14 heavy (non-hydrogen) atoms. The van der Waals surface area contributed by atoms with E-state index in [2.05, 4.69) is 11.9 Å². The number of ether oxygens (including phenoxy) is 1. The molecular formula is C11H15NOS. The summed E-state index contributed by atoms with van der Waals surface area (Å²) >= 11 is 1.62. The fourth-order valence-electron chi connectivity index (χ4n) is 0.994. The van der Waals surface area contributed by atoms with Gasteiger partial charge in [0.25, 0.3) is 0 Å². The zero-order valence-electron chi connectivity index (χ0n) is 8.78. The van der Waals surface area contributed by atoms with E-state index in [1.165, 1.54) is 5.56 Å². The minimum atomic E-state index is 0.556. The molecule has 0 unspecified atom stereocenters. The van der Waals surface area contributed by atoms with Crippen molar-refractivity contribution in [3.63, 3.8) is 0 Å². The predicted molar refractivity (Wildman–Crippen MR) is 63.5 cm³/mol. The van der Waals surface area contributed by atoms with Crippen molar-refractivity contribution in [1.82, 2.24) is 0 Å². The second kappa shape index (κ2) is 5.70. The van der Waals surface area contributed by atoms with Gasteiger partial charge in [-0.25, -0.2) is 0 Å². The van der Waals surface area contributed by atoms with Crippen molar-refractivity contribution >= 4 is 16.8 Å². The first-order chi connectivity index (χ1) is 6.76. The highest BCUT2D eigenvalue weighted by Gasteiger charge is 1.97. The van der Waals surface area contributed by atoms with E-state index < -0.39 is 0 Å². The van der Waals surface area contributed by atoms with Crippen LogP contribution in [0.5, 0.6) is 5.75 Å². The molecule has 1 aromatic rings. The Bertz CT molecular complexity index is 306. The molecule has 0 atom stereocenters. The van der Waals surface area contributed by atoms with Gasteiger partial charge in [0.15, 0.2) is 0 Å². The van der Waals surface area contributed by atoms with Crippen LogP contribution in [0.3, 0.4) is 0 Å². The second-order valence-corrected chi connectivity index (χ2v) is 3.80. The summed E-state index contributed by atoms with van der Waals surface area (Å²) in [6, 6.07) is 8.03. The van der Waals surface area contributed by atoms with Gasteiger partial charge in [-0.05, 0) is 25.3 Å². The molecule has 0 radical (unpaired) electrons. The quantitative estimate of drug-likeness (QED) is 0.564. The largest absolute Gasteiger partial charge is 0.487 e. The summed E-state index contributed by atoms with van der Waals surface area (Å²) in [5.41, 5.74) is 1.24. The maximum atomic E-state index is 5.55. The lowest BCUT2D eigenvalue weighted by Crippen LogP contribution is -2.07. The van der Waals surface area contributed by atoms with Crippen LogP contribution >= 0.6 is 11.8 Å². The Kier molecular flexibility index (Phi) is 4.53. The van der Waals surface area contributed by atoms with E-state index in [1.807, 2.05) is 30.5 Å². The van der Waals surface area contributed by atoms with Crippen molar-refractivity contribution in [3.8, 4) is 5.75 Å². The van der Waals surface area contributed by atoms with Gasteiger partial charge in [0.05, 0.1) is 0 Å². The third kappa shape index (κ3) is 3.42. The van der Waals surface area contributed by atoms with E-state index in [1.54, 1.807) is 18.8 Å². The van der Waals surface area contributed by atoms with Crippen LogP contribution in [0.4, 0.5) is 0 Å². The highest BCUT2D eigenvalue weighted by atomic mass is 32.2. The third-order valence-electron chi connectivity index (χ3n) is 1.87. The minimum absolute atomic E-state index is 0.556. The summed E-state index contributed by atoms with van der Waals surface area (Å²) in [7, 11) is 1.78. The Balaban J connectivity index is 2.49. The maximum absolute atomic E-state index is 5.55. The summed E-state index contributed by atoms with van der Waals surface area (Å²) in [5, 5.41) is 1.01. The van der Waals surface area contributed by atoms with Crippen LogP contribution in [-0.2, 0) is 0 Å². The topological polar surface area (TPSA) is 21.6 Å². The van der Waals surface area contributed by atoms with E-state index in [0.717, 1.165) is 10.8 Å². The number of hydrogen-bond acceptors (Lipinski definition) is 3. The normalized spacial score (nSPS) is 11.5. The number of nitrogens with zero attached hydrogens (tertiary/aromatic N) is 1. The van der Waals surface area contributed by atoms with Gasteiger partial charge in [-0.15, -0.1) is 11.8 Å². The Morgan fingerprint density at radius 2 is 2.00 bits per heavy atom. The van der Waals surface area contributed by atoms with Gasteiger partial charge in [0.1, 0.15) is 17.4 Å². The first-order valence-corrected chi connectivity index (χ1v) is 5.68. The van der Waals surface area contributed by atoms with Crippen LogP contribution < -0.4 is 4.74 Å². The monoisotopic (exact) mass is 209 g/mol. The molecule has 2 nitrogen and oxygen atoms in total. The molecule has 0 amide bonds. The lowest BCUT2D eigenvalue weighted by molar-refractivity contribution is 0.379. The average Bonchev–Trinajstić information content (AvgIpc) is 2.22. The van der Waals surface area contributed by atoms with Crippen LogP contribution in [0.25, 0.3) is 0 Å². The number of benzene rings is 1. The van der Waals surface area contributed by atoms with Gasteiger partial charge in [0.2, 0.25) is 0 Å². The summed E-state index contributed by atoms with van der Waals surface area (Å²) in [6.07, 6.45) is 2.00. The van der Waals surface area contributed by atoms with Crippen molar-refractivity contribution in [2.45, 2.75) is 6.92 Å². The molecule has 0 aliphatic carbocycles. The summed E-state index contributed by atoms with van der Waals surface area (Å²) in [6.45, 7) is 2.62. The molecule has 0 aliphatic heterocycles. The van der Waals surface area contributed by atoms with Gasteiger partial charge >= 0.3 is 0 Å². The Hall–Kier alpha value is -0.960. The molecule has 0 saturated carbocycles. The number of aryl methyl sites for hydroxylation is 1. The molecule has 0 aromatic heterocycles. The van der Waals surface area contributed by atoms with Crippen molar-refractivity contribution in [1.29, 1.82) is 0 Å². The van der Waals surface area contributed by atoms with Crippen LogP contribution in [-0.4, -0.2) is 25.0 Å². The molecular weight excluding hydrogens is 194 g/mol. The minimum Gasteiger partial charge on any atom is -0.487 e. The van der Waals surface area contributed by atoms with Crippen LogP contribution in [0.1, 0.15) is 5.56 Å². The number of rotatable bonds is 3. The van der Waals surface area contributed by atoms with Crippen molar-refractivity contribution in [3.05, 3.63) is 29.8 Å².